The molecule has 1 aliphatic carbocycles. The molecule has 3 nitrogen and oxygen atoms in total. The Bertz CT molecular complexity index is 493. The fourth-order valence-corrected chi connectivity index (χ4v) is 3.02. The molecular formula is C16H24ClFN2O. The van der Waals surface area contributed by atoms with Gasteiger partial charge >= 0.3 is 0 Å². The van der Waals surface area contributed by atoms with Crippen molar-refractivity contribution in [2.24, 2.45) is 11.7 Å². The molecule has 118 valence electrons. The Kier molecular flexibility index (Phi) is 6.17. The van der Waals surface area contributed by atoms with Crippen molar-refractivity contribution in [3.8, 4) is 0 Å². The van der Waals surface area contributed by atoms with Crippen molar-refractivity contribution in [2.75, 3.05) is 7.05 Å². The second kappa shape index (κ2) is 7.23. The molecule has 0 saturated heterocycles. The lowest BCUT2D eigenvalue weighted by atomic mass is 9.74. The van der Waals surface area contributed by atoms with Crippen LogP contribution in [0.15, 0.2) is 24.3 Å². The van der Waals surface area contributed by atoms with Crippen molar-refractivity contribution in [3.63, 3.8) is 0 Å². The van der Waals surface area contributed by atoms with Gasteiger partial charge in [0.2, 0.25) is 5.91 Å². The number of hydrogen-bond donors (Lipinski definition) is 1. The van der Waals surface area contributed by atoms with Gasteiger partial charge in [-0.2, -0.15) is 0 Å². The summed E-state index contributed by atoms with van der Waals surface area (Å²) in [4.78, 5) is 14.2. The van der Waals surface area contributed by atoms with E-state index in [1.54, 1.807) is 18.0 Å². The number of carbonyl (C=O) groups excluding carboxylic acids is 1. The normalized spacial score (nSPS) is 25.0. The molecule has 1 aromatic rings. The van der Waals surface area contributed by atoms with Crippen LogP contribution in [0.25, 0.3) is 0 Å². The Balaban J connectivity index is 0.00000220. The van der Waals surface area contributed by atoms with Crippen LogP contribution in [-0.2, 0) is 11.3 Å². The fourth-order valence-electron chi connectivity index (χ4n) is 3.02. The van der Waals surface area contributed by atoms with Crippen molar-refractivity contribution in [1.29, 1.82) is 0 Å². The van der Waals surface area contributed by atoms with Gasteiger partial charge in [-0.3, -0.25) is 4.79 Å². The zero-order valence-corrected chi connectivity index (χ0v) is 13.5. The second-order valence-corrected chi connectivity index (χ2v) is 6.13. The smallest absolute Gasteiger partial charge is 0.227 e. The number of carbonyl (C=O) groups is 1. The maximum atomic E-state index is 13.2. The first-order valence-electron chi connectivity index (χ1n) is 7.18. The lowest BCUT2D eigenvalue weighted by Gasteiger charge is -2.39. The third kappa shape index (κ3) is 4.42. The highest BCUT2D eigenvalue weighted by Crippen LogP contribution is 2.32. The van der Waals surface area contributed by atoms with Crippen molar-refractivity contribution in [2.45, 2.75) is 44.7 Å². The summed E-state index contributed by atoms with van der Waals surface area (Å²) in [6.45, 7) is 2.38. The van der Waals surface area contributed by atoms with Gasteiger partial charge in [-0.1, -0.05) is 25.0 Å². The molecular weight excluding hydrogens is 291 g/mol. The van der Waals surface area contributed by atoms with Gasteiger partial charge in [0.05, 0.1) is 5.92 Å². The van der Waals surface area contributed by atoms with Crippen molar-refractivity contribution >= 4 is 18.3 Å². The van der Waals surface area contributed by atoms with Crippen LogP contribution in [0, 0.1) is 11.7 Å². The summed E-state index contributed by atoms with van der Waals surface area (Å²) in [6, 6.07) is 6.36. The topological polar surface area (TPSA) is 46.3 Å². The van der Waals surface area contributed by atoms with Crippen molar-refractivity contribution in [3.05, 3.63) is 35.6 Å². The van der Waals surface area contributed by atoms with Gasteiger partial charge < -0.3 is 10.6 Å². The van der Waals surface area contributed by atoms with Crippen LogP contribution in [0.5, 0.6) is 0 Å². The summed E-state index contributed by atoms with van der Waals surface area (Å²) in [6.07, 6.45) is 3.87. The van der Waals surface area contributed by atoms with Gasteiger partial charge in [0.1, 0.15) is 5.82 Å². The number of amides is 1. The Hall–Kier alpha value is -1.13. The zero-order chi connectivity index (χ0) is 14.8. The van der Waals surface area contributed by atoms with E-state index < -0.39 is 5.54 Å². The minimum Gasteiger partial charge on any atom is -0.341 e. The van der Waals surface area contributed by atoms with E-state index in [0.717, 1.165) is 31.2 Å². The molecule has 1 aromatic carbocycles. The Morgan fingerprint density at radius 2 is 2.19 bits per heavy atom. The predicted molar refractivity (Wildman–Crippen MR) is 84.7 cm³/mol. The number of nitrogens with two attached hydrogens (primary N) is 1. The summed E-state index contributed by atoms with van der Waals surface area (Å²) >= 11 is 0. The number of rotatable bonds is 3. The zero-order valence-electron chi connectivity index (χ0n) is 12.6. The quantitative estimate of drug-likeness (QED) is 0.931. The summed E-state index contributed by atoms with van der Waals surface area (Å²) in [5.74, 6) is -0.335. The van der Waals surface area contributed by atoms with Gasteiger partial charge in [0.25, 0.3) is 0 Å². The number of hydrogen-bond acceptors (Lipinski definition) is 2. The van der Waals surface area contributed by atoms with Gasteiger partial charge in [-0.15, -0.1) is 12.4 Å². The van der Waals surface area contributed by atoms with E-state index in [0.29, 0.717) is 6.54 Å². The van der Waals surface area contributed by atoms with Crippen LogP contribution >= 0.6 is 12.4 Å². The minimum absolute atomic E-state index is 0. The maximum Gasteiger partial charge on any atom is 0.227 e. The first-order chi connectivity index (χ1) is 9.40. The molecule has 2 N–H and O–H groups in total. The first kappa shape index (κ1) is 17.9. The predicted octanol–water partition coefficient (Wildman–Crippen LogP) is 3.11. The van der Waals surface area contributed by atoms with Crippen LogP contribution in [-0.4, -0.2) is 23.4 Å². The molecule has 0 bridgehead atoms. The number of halogens is 2. The molecule has 0 radical (unpaired) electrons. The summed E-state index contributed by atoms with van der Waals surface area (Å²) in [7, 11) is 1.76. The molecule has 1 aliphatic rings. The molecule has 2 atom stereocenters. The van der Waals surface area contributed by atoms with E-state index in [1.807, 2.05) is 13.0 Å². The van der Waals surface area contributed by atoms with E-state index in [4.69, 9.17) is 5.73 Å². The van der Waals surface area contributed by atoms with E-state index >= 15 is 0 Å². The summed E-state index contributed by atoms with van der Waals surface area (Å²) in [5.41, 5.74) is 6.65. The van der Waals surface area contributed by atoms with Gasteiger partial charge in [0.15, 0.2) is 0 Å². The third-order valence-electron chi connectivity index (χ3n) is 4.24. The SMILES string of the molecule is CN(Cc1cccc(F)c1)C(=O)C1CCCCC1(C)N.Cl. The Morgan fingerprint density at radius 1 is 1.48 bits per heavy atom. The molecule has 5 heteroatoms. The second-order valence-electron chi connectivity index (χ2n) is 6.13. The van der Waals surface area contributed by atoms with Gasteiger partial charge in [0, 0.05) is 19.1 Å². The molecule has 21 heavy (non-hydrogen) atoms. The summed E-state index contributed by atoms with van der Waals surface area (Å²) in [5, 5.41) is 0. The highest BCUT2D eigenvalue weighted by Gasteiger charge is 2.38. The molecule has 2 unspecified atom stereocenters. The molecule has 0 heterocycles. The lowest BCUT2D eigenvalue weighted by molar-refractivity contribution is -0.138. The van der Waals surface area contributed by atoms with Crippen LogP contribution < -0.4 is 5.73 Å². The molecule has 0 spiro atoms. The van der Waals surface area contributed by atoms with E-state index in [1.165, 1.54) is 12.1 Å². The molecule has 0 aliphatic heterocycles. The minimum atomic E-state index is -0.425. The van der Waals surface area contributed by atoms with Gasteiger partial charge in [-0.05, 0) is 37.5 Å². The number of nitrogens with zero attached hydrogens (tertiary/aromatic N) is 1. The van der Waals surface area contributed by atoms with Crippen LogP contribution in [0.4, 0.5) is 4.39 Å². The standard InChI is InChI=1S/C16H23FN2O.ClH/c1-16(18)9-4-3-8-14(16)15(20)19(2)11-12-6-5-7-13(17)10-12;/h5-7,10,14H,3-4,8-9,11,18H2,1-2H3;1H. The molecule has 0 aromatic heterocycles. The molecule has 1 saturated carbocycles. The Labute approximate surface area is 132 Å². The summed E-state index contributed by atoms with van der Waals surface area (Å²) < 4.78 is 13.2. The monoisotopic (exact) mass is 314 g/mol. The highest BCUT2D eigenvalue weighted by molar-refractivity contribution is 5.85. The average molecular weight is 315 g/mol. The lowest BCUT2D eigenvalue weighted by Crippen LogP contribution is -2.53. The van der Waals surface area contributed by atoms with E-state index in [-0.39, 0.29) is 30.0 Å². The maximum absolute atomic E-state index is 13.2. The molecule has 2 rings (SSSR count). The van der Waals surface area contributed by atoms with Gasteiger partial charge in [-0.25, -0.2) is 4.39 Å². The molecule has 1 fully saturated rings. The van der Waals surface area contributed by atoms with Crippen LogP contribution in [0.1, 0.15) is 38.2 Å². The Morgan fingerprint density at radius 3 is 2.81 bits per heavy atom. The third-order valence-corrected chi connectivity index (χ3v) is 4.24. The average Bonchev–Trinajstić information content (AvgIpc) is 2.37. The van der Waals surface area contributed by atoms with Crippen molar-refractivity contribution < 1.29 is 9.18 Å². The number of benzene rings is 1. The van der Waals surface area contributed by atoms with Crippen LogP contribution in [0.2, 0.25) is 0 Å². The van der Waals surface area contributed by atoms with Crippen molar-refractivity contribution in [1.82, 2.24) is 4.90 Å². The first-order valence-corrected chi connectivity index (χ1v) is 7.18. The van der Waals surface area contributed by atoms with E-state index in [9.17, 15) is 9.18 Å². The highest BCUT2D eigenvalue weighted by atomic mass is 35.5. The molecule has 1 amide bonds. The van der Waals surface area contributed by atoms with Crippen LogP contribution in [0.3, 0.4) is 0 Å². The largest absolute Gasteiger partial charge is 0.341 e. The fraction of sp³-hybridized carbons (Fsp3) is 0.562. The van der Waals surface area contributed by atoms with E-state index in [2.05, 4.69) is 0 Å².